The molecule has 3 aromatic carbocycles. The van der Waals surface area contributed by atoms with Gasteiger partial charge in [-0.3, -0.25) is 4.79 Å². The fraction of sp³-hybridized carbons (Fsp3) is 0.200. The van der Waals surface area contributed by atoms with Crippen molar-refractivity contribution in [1.82, 2.24) is 0 Å². The van der Waals surface area contributed by atoms with Crippen LogP contribution in [0.4, 0.5) is 10.1 Å². The molecule has 3 aromatic rings. The fourth-order valence-electron chi connectivity index (χ4n) is 3.22. The summed E-state index contributed by atoms with van der Waals surface area (Å²) in [4.78, 5) is 25.6. The average Bonchev–Trinajstić information content (AvgIpc) is 2.77. The molecule has 5 heteroatoms. The number of carboxylic acid groups (broad SMARTS) is 1. The molecule has 30 heavy (non-hydrogen) atoms. The summed E-state index contributed by atoms with van der Waals surface area (Å²) in [6.45, 7) is 2.41. The van der Waals surface area contributed by atoms with Crippen molar-refractivity contribution in [3.63, 3.8) is 0 Å². The minimum absolute atomic E-state index is 0.00157. The number of unbranched alkanes of at least 4 members (excludes halogenated alkanes) is 1. The molecule has 1 amide bonds. The van der Waals surface area contributed by atoms with Crippen LogP contribution in [-0.2, 0) is 11.3 Å². The molecule has 0 aromatic heterocycles. The first kappa shape index (κ1) is 21.2. The first-order chi connectivity index (χ1) is 14.5. The van der Waals surface area contributed by atoms with Gasteiger partial charge in [0.15, 0.2) is 0 Å². The van der Waals surface area contributed by atoms with Gasteiger partial charge < -0.3 is 10.0 Å². The van der Waals surface area contributed by atoms with E-state index in [1.807, 2.05) is 37.3 Å². The summed E-state index contributed by atoms with van der Waals surface area (Å²) >= 11 is 0. The number of aromatic carboxylic acids is 1. The standard InChI is InChI=1S/C25H24FNO3/c1-2-3-7-24(28)27(23-14-12-22(26)13-15-23)17-18-8-10-19(11-9-18)20-5-4-6-21(16-20)25(29)30/h4-6,8-16H,2-3,7,17H2,1H3,(H,29,30). The predicted molar refractivity (Wildman–Crippen MR) is 116 cm³/mol. The van der Waals surface area contributed by atoms with Crippen LogP contribution in [0, 0.1) is 5.82 Å². The van der Waals surface area contributed by atoms with Crippen LogP contribution in [0.1, 0.15) is 42.1 Å². The molecule has 0 aliphatic carbocycles. The molecule has 3 rings (SSSR count). The van der Waals surface area contributed by atoms with Crippen LogP contribution in [0.15, 0.2) is 72.8 Å². The molecule has 0 heterocycles. The van der Waals surface area contributed by atoms with Crippen LogP contribution < -0.4 is 4.90 Å². The summed E-state index contributed by atoms with van der Waals surface area (Å²) in [5, 5.41) is 9.18. The lowest BCUT2D eigenvalue weighted by molar-refractivity contribution is -0.118. The lowest BCUT2D eigenvalue weighted by Crippen LogP contribution is -2.30. The zero-order valence-corrected chi connectivity index (χ0v) is 16.8. The van der Waals surface area contributed by atoms with Crippen LogP contribution in [0.25, 0.3) is 11.1 Å². The van der Waals surface area contributed by atoms with E-state index in [0.717, 1.165) is 29.5 Å². The van der Waals surface area contributed by atoms with Gasteiger partial charge in [0, 0.05) is 12.1 Å². The highest BCUT2D eigenvalue weighted by atomic mass is 19.1. The summed E-state index contributed by atoms with van der Waals surface area (Å²) in [6, 6.07) is 20.4. The first-order valence-electron chi connectivity index (χ1n) is 9.96. The fourth-order valence-corrected chi connectivity index (χ4v) is 3.22. The van der Waals surface area contributed by atoms with Crippen LogP contribution >= 0.6 is 0 Å². The summed E-state index contributed by atoms with van der Waals surface area (Å²) in [5.41, 5.74) is 3.54. The van der Waals surface area contributed by atoms with Crippen molar-refractivity contribution < 1.29 is 19.1 Å². The van der Waals surface area contributed by atoms with Crippen LogP contribution in [0.3, 0.4) is 0 Å². The molecule has 0 aliphatic heterocycles. The molecule has 0 saturated heterocycles. The Balaban J connectivity index is 1.82. The molecule has 0 spiro atoms. The summed E-state index contributed by atoms with van der Waals surface area (Å²) in [5.74, 6) is -1.30. The Hall–Kier alpha value is -3.47. The van der Waals surface area contributed by atoms with Gasteiger partial charge in [-0.25, -0.2) is 9.18 Å². The molecule has 0 bridgehead atoms. The Kier molecular flexibility index (Phi) is 6.96. The van der Waals surface area contributed by atoms with Crippen molar-refractivity contribution >= 4 is 17.6 Å². The van der Waals surface area contributed by atoms with Crippen molar-refractivity contribution in [2.24, 2.45) is 0 Å². The third-order valence-corrected chi connectivity index (χ3v) is 4.92. The number of carboxylic acids is 1. The highest BCUT2D eigenvalue weighted by Gasteiger charge is 2.16. The number of amides is 1. The van der Waals surface area contributed by atoms with Crippen molar-refractivity contribution in [2.45, 2.75) is 32.7 Å². The number of rotatable bonds is 8. The predicted octanol–water partition coefficient (Wildman–Crippen LogP) is 5.91. The minimum atomic E-state index is -0.964. The van der Waals surface area contributed by atoms with Crippen LogP contribution in [0.5, 0.6) is 0 Å². The molecule has 0 radical (unpaired) electrons. The Morgan fingerprint density at radius 1 is 0.933 bits per heavy atom. The normalized spacial score (nSPS) is 10.6. The largest absolute Gasteiger partial charge is 0.478 e. The molecule has 154 valence electrons. The molecule has 0 fully saturated rings. The van der Waals surface area contributed by atoms with Gasteiger partial charge in [-0.2, -0.15) is 0 Å². The van der Waals surface area contributed by atoms with E-state index in [9.17, 15) is 19.1 Å². The van der Waals surface area contributed by atoms with Crippen molar-refractivity contribution in [1.29, 1.82) is 0 Å². The van der Waals surface area contributed by atoms with Crippen molar-refractivity contribution in [3.8, 4) is 11.1 Å². The van der Waals surface area contributed by atoms with Gasteiger partial charge in [-0.05, 0) is 59.5 Å². The Morgan fingerprint density at radius 3 is 2.27 bits per heavy atom. The summed E-state index contributed by atoms with van der Waals surface area (Å²) in [6.07, 6.45) is 2.16. The first-order valence-corrected chi connectivity index (χ1v) is 9.96. The third-order valence-electron chi connectivity index (χ3n) is 4.92. The van der Waals surface area contributed by atoms with Gasteiger partial charge in [-0.1, -0.05) is 49.7 Å². The lowest BCUT2D eigenvalue weighted by Gasteiger charge is -2.23. The van der Waals surface area contributed by atoms with E-state index in [1.54, 1.807) is 35.2 Å². The van der Waals surface area contributed by atoms with Gasteiger partial charge in [0.1, 0.15) is 5.82 Å². The Labute approximate surface area is 175 Å². The molecule has 0 saturated carbocycles. The van der Waals surface area contributed by atoms with Gasteiger partial charge in [0.25, 0.3) is 0 Å². The summed E-state index contributed by atoms with van der Waals surface area (Å²) in [7, 11) is 0. The molecule has 4 nitrogen and oxygen atoms in total. The monoisotopic (exact) mass is 405 g/mol. The number of hydrogen-bond acceptors (Lipinski definition) is 2. The van der Waals surface area contributed by atoms with E-state index < -0.39 is 5.97 Å². The zero-order chi connectivity index (χ0) is 21.5. The second kappa shape index (κ2) is 9.83. The molecule has 1 N–H and O–H groups in total. The SMILES string of the molecule is CCCCC(=O)N(Cc1ccc(-c2cccc(C(=O)O)c2)cc1)c1ccc(F)cc1. The van der Waals surface area contributed by atoms with Gasteiger partial charge in [0.05, 0.1) is 12.1 Å². The van der Waals surface area contributed by atoms with Gasteiger partial charge >= 0.3 is 5.97 Å². The van der Waals surface area contributed by atoms with E-state index in [1.165, 1.54) is 12.1 Å². The van der Waals surface area contributed by atoms with E-state index in [2.05, 4.69) is 0 Å². The average molecular weight is 405 g/mol. The molecular weight excluding hydrogens is 381 g/mol. The maximum Gasteiger partial charge on any atom is 0.335 e. The quantitative estimate of drug-likeness (QED) is 0.506. The highest BCUT2D eigenvalue weighted by molar-refractivity contribution is 5.93. The number of halogens is 1. The number of carbonyl (C=O) groups is 2. The van der Waals surface area contributed by atoms with Crippen molar-refractivity contribution in [3.05, 3.63) is 89.7 Å². The number of benzene rings is 3. The number of carbonyl (C=O) groups excluding carboxylic acids is 1. The van der Waals surface area contributed by atoms with Gasteiger partial charge in [0.2, 0.25) is 5.91 Å². The highest BCUT2D eigenvalue weighted by Crippen LogP contribution is 2.24. The smallest absolute Gasteiger partial charge is 0.335 e. The van der Waals surface area contributed by atoms with E-state index in [-0.39, 0.29) is 17.3 Å². The third kappa shape index (κ3) is 5.32. The maximum absolute atomic E-state index is 13.3. The Morgan fingerprint density at radius 2 is 1.63 bits per heavy atom. The molecule has 0 unspecified atom stereocenters. The summed E-state index contributed by atoms with van der Waals surface area (Å²) < 4.78 is 13.3. The number of hydrogen-bond donors (Lipinski definition) is 1. The molecular formula is C25H24FNO3. The number of nitrogens with zero attached hydrogens (tertiary/aromatic N) is 1. The van der Waals surface area contributed by atoms with Crippen LogP contribution in [0.2, 0.25) is 0 Å². The molecule has 0 atom stereocenters. The zero-order valence-electron chi connectivity index (χ0n) is 16.8. The Bertz CT molecular complexity index is 1010. The minimum Gasteiger partial charge on any atom is -0.478 e. The van der Waals surface area contributed by atoms with E-state index in [0.29, 0.717) is 18.7 Å². The number of anilines is 1. The van der Waals surface area contributed by atoms with Gasteiger partial charge in [-0.15, -0.1) is 0 Å². The second-order valence-corrected chi connectivity index (χ2v) is 7.14. The van der Waals surface area contributed by atoms with Crippen molar-refractivity contribution in [2.75, 3.05) is 4.90 Å². The van der Waals surface area contributed by atoms with Crippen LogP contribution in [-0.4, -0.2) is 17.0 Å². The topological polar surface area (TPSA) is 57.6 Å². The molecule has 0 aliphatic rings. The van der Waals surface area contributed by atoms with E-state index in [4.69, 9.17) is 0 Å². The lowest BCUT2D eigenvalue weighted by atomic mass is 10.0. The second-order valence-electron chi connectivity index (χ2n) is 7.14. The van der Waals surface area contributed by atoms with E-state index >= 15 is 0 Å². The maximum atomic E-state index is 13.3.